The average molecular weight is 319 g/mol. The first-order valence-corrected chi connectivity index (χ1v) is 5.99. The van der Waals surface area contributed by atoms with Crippen molar-refractivity contribution in [3.05, 3.63) is 35.0 Å². The number of rotatable bonds is 3. The van der Waals surface area contributed by atoms with Gasteiger partial charge in [0, 0.05) is 11.1 Å². The number of halogens is 4. The van der Waals surface area contributed by atoms with Crippen LogP contribution in [0.3, 0.4) is 0 Å². The van der Waals surface area contributed by atoms with Gasteiger partial charge in [-0.3, -0.25) is 0 Å². The van der Waals surface area contributed by atoms with Gasteiger partial charge >= 0.3 is 6.18 Å². The maximum Gasteiger partial charge on any atom is 0.433 e. The molecule has 112 valence electrons. The largest absolute Gasteiger partial charge is 0.495 e. The van der Waals surface area contributed by atoms with Gasteiger partial charge in [0.05, 0.1) is 12.8 Å². The third-order valence-electron chi connectivity index (χ3n) is 2.46. The number of hydrogen-bond donors (Lipinski definition) is 2. The summed E-state index contributed by atoms with van der Waals surface area (Å²) in [6, 6.07) is 5.39. The Morgan fingerprint density at radius 1 is 1.24 bits per heavy atom. The highest BCUT2D eigenvalue weighted by Gasteiger charge is 2.33. The van der Waals surface area contributed by atoms with E-state index in [9.17, 15) is 13.2 Å². The van der Waals surface area contributed by atoms with Crippen LogP contribution >= 0.6 is 11.6 Å². The highest BCUT2D eigenvalue weighted by atomic mass is 35.5. The first kappa shape index (κ1) is 15.2. The molecule has 0 bridgehead atoms. The molecule has 1 aromatic carbocycles. The molecule has 0 aliphatic heterocycles. The van der Waals surface area contributed by atoms with E-state index in [0.717, 1.165) is 6.07 Å². The standard InChI is InChI=1S/C12H10ClF3N4O/c1-21-8-3-2-6(13)4-7(8)18-10-5-9(12(14,15)16)19-11(17)20-10/h2-5H,1H3,(H3,17,18,19,20). The first-order chi connectivity index (χ1) is 9.79. The van der Waals surface area contributed by atoms with Crippen LogP contribution < -0.4 is 15.8 Å². The summed E-state index contributed by atoms with van der Waals surface area (Å²) in [4.78, 5) is 6.86. The number of nitrogens with one attached hydrogen (secondary N) is 1. The van der Waals surface area contributed by atoms with E-state index in [4.69, 9.17) is 22.1 Å². The Labute approximate surface area is 122 Å². The summed E-state index contributed by atoms with van der Waals surface area (Å²) in [5, 5.41) is 3.06. The third-order valence-corrected chi connectivity index (χ3v) is 2.69. The van der Waals surface area contributed by atoms with Crippen molar-refractivity contribution in [1.29, 1.82) is 0 Å². The topological polar surface area (TPSA) is 73.1 Å². The number of hydrogen-bond acceptors (Lipinski definition) is 5. The quantitative estimate of drug-likeness (QED) is 0.906. The zero-order valence-corrected chi connectivity index (χ0v) is 11.5. The van der Waals surface area contributed by atoms with Crippen molar-refractivity contribution in [2.75, 3.05) is 18.2 Å². The predicted molar refractivity (Wildman–Crippen MR) is 72.7 cm³/mol. The molecular formula is C12H10ClF3N4O. The minimum Gasteiger partial charge on any atom is -0.495 e. The molecule has 1 heterocycles. The lowest BCUT2D eigenvalue weighted by atomic mass is 10.3. The van der Waals surface area contributed by atoms with E-state index >= 15 is 0 Å². The van der Waals surface area contributed by atoms with Crippen LogP contribution in [0, 0.1) is 0 Å². The molecule has 5 nitrogen and oxygen atoms in total. The molecule has 21 heavy (non-hydrogen) atoms. The maximum atomic E-state index is 12.7. The zero-order chi connectivity index (χ0) is 15.6. The van der Waals surface area contributed by atoms with Crippen molar-refractivity contribution < 1.29 is 17.9 Å². The monoisotopic (exact) mass is 318 g/mol. The Morgan fingerprint density at radius 2 is 1.95 bits per heavy atom. The molecule has 2 rings (SSSR count). The van der Waals surface area contributed by atoms with Crippen molar-refractivity contribution in [2.45, 2.75) is 6.18 Å². The van der Waals surface area contributed by atoms with Gasteiger partial charge in [0.15, 0.2) is 5.69 Å². The van der Waals surface area contributed by atoms with E-state index < -0.39 is 17.8 Å². The lowest BCUT2D eigenvalue weighted by molar-refractivity contribution is -0.141. The van der Waals surface area contributed by atoms with E-state index in [0.29, 0.717) is 16.5 Å². The van der Waals surface area contributed by atoms with Crippen molar-refractivity contribution in [3.8, 4) is 5.75 Å². The Kier molecular flexibility index (Phi) is 4.08. The maximum absolute atomic E-state index is 12.7. The first-order valence-electron chi connectivity index (χ1n) is 5.62. The lowest BCUT2D eigenvalue weighted by Crippen LogP contribution is -2.12. The second-order valence-corrected chi connectivity index (χ2v) is 4.40. The van der Waals surface area contributed by atoms with E-state index in [1.54, 1.807) is 12.1 Å². The van der Waals surface area contributed by atoms with Crippen LogP contribution in [0.1, 0.15) is 5.69 Å². The van der Waals surface area contributed by atoms with E-state index in [1.807, 2.05) is 0 Å². The summed E-state index contributed by atoms with van der Waals surface area (Å²) in [6.45, 7) is 0. The minimum atomic E-state index is -4.62. The highest BCUT2D eigenvalue weighted by molar-refractivity contribution is 6.31. The van der Waals surface area contributed by atoms with Gasteiger partial charge in [-0.15, -0.1) is 0 Å². The molecule has 0 saturated carbocycles. The van der Waals surface area contributed by atoms with Gasteiger partial charge in [0.1, 0.15) is 11.6 Å². The molecule has 1 aromatic heterocycles. The Hall–Kier alpha value is -2.22. The van der Waals surface area contributed by atoms with E-state index in [2.05, 4.69) is 15.3 Å². The number of nitrogens with zero attached hydrogens (tertiary/aromatic N) is 2. The SMILES string of the molecule is COc1ccc(Cl)cc1Nc1cc(C(F)(F)F)nc(N)n1. The van der Waals surface area contributed by atoms with Crippen molar-refractivity contribution in [2.24, 2.45) is 0 Å². The van der Waals surface area contributed by atoms with Crippen LogP contribution in [0.25, 0.3) is 0 Å². The van der Waals surface area contributed by atoms with Crippen molar-refractivity contribution in [3.63, 3.8) is 0 Å². The zero-order valence-electron chi connectivity index (χ0n) is 10.7. The molecule has 0 saturated heterocycles. The highest BCUT2D eigenvalue weighted by Crippen LogP contribution is 2.33. The van der Waals surface area contributed by atoms with Gasteiger partial charge in [-0.1, -0.05) is 11.6 Å². The fourth-order valence-electron chi connectivity index (χ4n) is 1.59. The third kappa shape index (κ3) is 3.66. The number of nitrogen functional groups attached to an aromatic ring is 1. The summed E-state index contributed by atoms with van der Waals surface area (Å²) < 4.78 is 43.1. The molecular weight excluding hydrogens is 309 g/mol. The Morgan fingerprint density at radius 3 is 2.57 bits per heavy atom. The Balaban J connectivity index is 2.40. The molecule has 9 heteroatoms. The smallest absolute Gasteiger partial charge is 0.433 e. The van der Waals surface area contributed by atoms with Gasteiger partial charge in [-0.25, -0.2) is 4.98 Å². The van der Waals surface area contributed by atoms with Crippen LogP contribution in [0.2, 0.25) is 5.02 Å². The number of benzene rings is 1. The van der Waals surface area contributed by atoms with Crippen LogP contribution in [-0.2, 0) is 6.18 Å². The predicted octanol–water partition coefficient (Wildman–Crippen LogP) is 3.48. The molecule has 0 amide bonds. The lowest BCUT2D eigenvalue weighted by Gasteiger charge is -2.13. The summed E-state index contributed by atoms with van der Waals surface area (Å²) in [7, 11) is 1.42. The number of methoxy groups -OCH3 is 1. The fourth-order valence-corrected chi connectivity index (χ4v) is 1.76. The molecule has 2 aromatic rings. The average Bonchev–Trinajstić information content (AvgIpc) is 2.37. The van der Waals surface area contributed by atoms with Crippen LogP contribution in [0.15, 0.2) is 24.3 Å². The normalized spacial score (nSPS) is 11.3. The number of ether oxygens (including phenoxy) is 1. The molecule has 0 radical (unpaired) electrons. The number of anilines is 3. The molecule has 0 spiro atoms. The van der Waals surface area contributed by atoms with Crippen molar-refractivity contribution in [1.82, 2.24) is 9.97 Å². The number of aromatic nitrogens is 2. The molecule has 0 atom stereocenters. The second kappa shape index (κ2) is 5.65. The van der Waals surface area contributed by atoms with Gasteiger partial charge in [0.2, 0.25) is 5.95 Å². The Bertz CT molecular complexity index is 663. The summed E-state index contributed by atoms with van der Waals surface area (Å²) in [5.41, 5.74) is 4.51. The fraction of sp³-hybridized carbons (Fsp3) is 0.167. The molecule has 3 N–H and O–H groups in total. The van der Waals surface area contributed by atoms with Gasteiger partial charge < -0.3 is 15.8 Å². The van der Waals surface area contributed by atoms with Crippen LogP contribution in [0.5, 0.6) is 5.75 Å². The molecule has 0 fully saturated rings. The van der Waals surface area contributed by atoms with Gasteiger partial charge in [-0.05, 0) is 18.2 Å². The number of alkyl halides is 3. The van der Waals surface area contributed by atoms with Crippen LogP contribution in [0.4, 0.5) is 30.6 Å². The summed E-state index contributed by atoms with van der Waals surface area (Å²) in [5.74, 6) is -0.214. The second-order valence-electron chi connectivity index (χ2n) is 3.96. The summed E-state index contributed by atoms with van der Waals surface area (Å²) in [6.07, 6.45) is -4.62. The van der Waals surface area contributed by atoms with E-state index in [1.165, 1.54) is 13.2 Å². The van der Waals surface area contributed by atoms with Crippen LogP contribution in [-0.4, -0.2) is 17.1 Å². The van der Waals surface area contributed by atoms with E-state index in [-0.39, 0.29) is 5.82 Å². The molecule has 0 aliphatic rings. The minimum absolute atomic E-state index is 0.115. The molecule has 0 unspecified atom stereocenters. The molecule has 0 aliphatic carbocycles. The van der Waals surface area contributed by atoms with Crippen molar-refractivity contribution >= 4 is 29.1 Å². The van der Waals surface area contributed by atoms with Gasteiger partial charge in [0.25, 0.3) is 0 Å². The number of nitrogens with two attached hydrogens (primary N) is 1. The summed E-state index contributed by atoms with van der Waals surface area (Å²) >= 11 is 5.84. The van der Waals surface area contributed by atoms with Gasteiger partial charge in [-0.2, -0.15) is 18.2 Å².